The Kier molecular flexibility index (Phi) is 8.15. The van der Waals surface area contributed by atoms with Gasteiger partial charge in [-0.05, 0) is 48.9 Å². The van der Waals surface area contributed by atoms with Crippen LogP contribution in [0, 0.1) is 0 Å². The predicted octanol–water partition coefficient (Wildman–Crippen LogP) is 3.52. The SMILES string of the molecule is COc1ccc(CSCC(=O)N[C@@H](C)COc2ccc(OC)cc2)cc1. The molecule has 0 aliphatic heterocycles. The second kappa shape index (κ2) is 10.6. The summed E-state index contributed by atoms with van der Waals surface area (Å²) in [5, 5.41) is 2.95. The predicted molar refractivity (Wildman–Crippen MR) is 105 cm³/mol. The van der Waals surface area contributed by atoms with Crippen molar-refractivity contribution in [3.63, 3.8) is 0 Å². The van der Waals surface area contributed by atoms with Gasteiger partial charge in [-0.15, -0.1) is 11.8 Å². The van der Waals surface area contributed by atoms with E-state index < -0.39 is 0 Å². The zero-order chi connectivity index (χ0) is 18.8. The van der Waals surface area contributed by atoms with Crippen LogP contribution in [0.25, 0.3) is 0 Å². The fourth-order valence-electron chi connectivity index (χ4n) is 2.23. The lowest BCUT2D eigenvalue weighted by Gasteiger charge is -2.15. The Morgan fingerprint density at radius 2 is 1.50 bits per heavy atom. The van der Waals surface area contributed by atoms with E-state index in [2.05, 4.69) is 5.32 Å². The van der Waals surface area contributed by atoms with Crippen LogP contribution in [0.4, 0.5) is 0 Å². The molecule has 6 heteroatoms. The van der Waals surface area contributed by atoms with E-state index in [1.165, 1.54) is 5.56 Å². The van der Waals surface area contributed by atoms with Crippen LogP contribution in [0.2, 0.25) is 0 Å². The number of hydrogen-bond acceptors (Lipinski definition) is 5. The van der Waals surface area contributed by atoms with Crippen molar-refractivity contribution in [3.8, 4) is 17.2 Å². The first kappa shape index (κ1) is 20.0. The molecule has 0 saturated carbocycles. The van der Waals surface area contributed by atoms with Crippen molar-refractivity contribution in [1.82, 2.24) is 5.32 Å². The third-order valence-electron chi connectivity index (χ3n) is 3.63. The second-order valence-electron chi connectivity index (χ2n) is 5.80. The first-order valence-corrected chi connectivity index (χ1v) is 9.53. The van der Waals surface area contributed by atoms with Crippen LogP contribution in [0.3, 0.4) is 0 Å². The Labute approximate surface area is 159 Å². The Morgan fingerprint density at radius 1 is 0.962 bits per heavy atom. The number of rotatable bonds is 10. The lowest BCUT2D eigenvalue weighted by molar-refractivity contribution is -0.119. The molecule has 0 aromatic heterocycles. The molecular formula is C20H25NO4S. The smallest absolute Gasteiger partial charge is 0.230 e. The van der Waals surface area contributed by atoms with Gasteiger partial charge in [0, 0.05) is 5.75 Å². The molecule has 2 aromatic rings. The van der Waals surface area contributed by atoms with Gasteiger partial charge >= 0.3 is 0 Å². The number of carbonyl (C=O) groups excluding carboxylic acids is 1. The molecule has 26 heavy (non-hydrogen) atoms. The highest BCUT2D eigenvalue weighted by Crippen LogP contribution is 2.18. The highest BCUT2D eigenvalue weighted by atomic mass is 32.2. The van der Waals surface area contributed by atoms with Crippen molar-refractivity contribution in [3.05, 3.63) is 54.1 Å². The molecule has 2 aromatic carbocycles. The Hall–Kier alpha value is -2.34. The van der Waals surface area contributed by atoms with E-state index in [9.17, 15) is 4.79 Å². The van der Waals surface area contributed by atoms with Crippen molar-refractivity contribution in [2.45, 2.75) is 18.7 Å². The van der Waals surface area contributed by atoms with E-state index >= 15 is 0 Å². The standard InChI is InChI=1S/C20H25NO4S/c1-15(12-25-19-10-8-18(24-3)9-11-19)21-20(22)14-26-13-16-4-6-17(23-2)7-5-16/h4-11,15H,12-14H2,1-3H3,(H,21,22)/t15-/m0/s1. The normalized spacial score (nSPS) is 11.5. The van der Waals surface area contributed by atoms with Crippen LogP contribution in [-0.4, -0.2) is 38.5 Å². The van der Waals surface area contributed by atoms with Crippen LogP contribution in [0.15, 0.2) is 48.5 Å². The molecule has 1 atom stereocenters. The first-order chi connectivity index (χ1) is 12.6. The Morgan fingerprint density at radius 3 is 2.08 bits per heavy atom. The average Bonchev–Trinajstić information content (AvgIpc) is 2.67. The largest absolute Gasteiger partial charge is 0.497 e. The maximum Gasteiger partial charge on any atom is 0.230 e. The molecule has 0 aliphatic carbocycles. The summed E-state index contributed by atoms with van der Waals surface area (Å²) < 4.78 is 15.9. The van der Waals surface area contributed by atoms with E-state index in [4.69, 9.17) is 14.2 Å². The van der Waals surface area contributed by atoms with E-state index in [0.717, 1.165) is 23.0 Å². The molecule has 0 bridgehead atoms. The molecule has 2 rings (SSSR count). The third kappa shape index (κ3) is 6.88. The highest BCUT2D eigenvalue weighted by molar-refractivity contribution is 7.99. The average molecular weight is 375 g/mol. The molecule has 0 aliphatic rings. The number of carbonyl (C=O) groups is 1. The summed E-state index contributed by atoms with van der Waals surface area (Å²) in [5.41, 5.74) is 1.17. The number of methoxy groups -OCH3 is 2. The summed E-state index contributed by atoms with van der Waals surface area (Å²) in [6.45, 7) is 2.34. The molecule has 0 saturated heterocycles. The molecular weight excluding hydrogens is 350 g/mol. The summed E-state index contributed by atoms with van der Waals surface area (Å²) in [7, 11) is 3.27. The number of nitrogens with one attached hydrogen (secondary N) is 1. The van der Waals surface area contributed by atoms with Gasteiger partial charge in [-0.3, -0.25) is 4.79 Å². The number of benzene rings is 2. The fraction of sp³-hybridized carbons (Fsp3) is 0.350. The quantitative estimate of drug-likeness (QED) is 0.689. The van der Waals surface area contributed by atoms with Crippen LogP contribution < -0.4 is 19.5 Å². The van der Waals surface area contributed by atoms with Gasteiger partial charge in [-0.25, -0.2) is 0 Å². The summed E-state index contributed by atoms with van der Waals surface area (Å²) in [4.78, 5) is 12.0. The van der Waals surface area contributed by atoms with Crippen molar-refractivity contribution < 1.29 is 19.0 Å². The summed E-state index contributed by atoms with van der Waals surface area (Å²) in [6, 6.07) is 15.2. The minimum Gasteiger partial charge on any atom is -0.497 e. The molecule has 0 heterocycles. The molecule has 140 valence electrons. The maximum atomic E-state index is 12.0. The van der Waals surface area contributed by atoms with Crippen molar-refractivity contribution in [2.24, 2.45) is 0 Å². The number of thioether (sulfide) groups is 1. The lowest BCUT2D eigenvalue weighted by Crippen LogP contribution is -2.37. The zero-order valence-electron chi connectivity index (χ0n) is 15.4. The summed E-state index contributed by atoms with van der Waals surface area (Å²) in [5.74, 6) is 3.58. The van der Waals surface area contributed by atoms with Crippen LogP contribution in [-0.2, 0) is 10.5 Å². The summed E-state index contributed by atoms with van der Waals surface area (Å²) in [6.07, 6.45) is 0. The van der Waals surface area contributed by atoms with E-state index in [-0.39, 0.29) is 11.9 Å². The van der Waals surface area contributed by atoms with Gasteiger partial charge in [0.05, 0.1) is 26.0 Å². The van der Waals surface area contributed by atoms with E-state index in [0.29, 0.717) is 12.4 Å². The number of hydrogen-bond donors (Lipinski definition) is 1. The second-order valence-corrected chi connectivity index (χ2v) is 6.78. The van der Waals surface area contributed by atoms with Gasteiger partial charge in [0.15, 0.2) is 0 Å². The van der Waals surface area contributed by atoms with Crippen molar-refractivity contribution >= 4 is 17.7 Å². The van der Waals surface area contributed by atoms with Gasteiger partial charge in [0.2, 0.25) is 5.91 Å². The molecule has 0 radical (unpaired) electrons. The molecule has 1 amide bonds. The van der Waals surface area contributed by atoms with Crippen molar-refractivity contribution in [1.29, 1.82) is 0 Å². The van der Waals surface area contributed by atoms with Gasteiger partial charge in [0.25, 0.3) is 0 Å². The van der Waals surface area contributed by atoms with Gasteiger partial charge in [-0.1, -0.05) is 12.1 Å². The van der Waals surface area contributed by atoms with Crippen LogP contribution in [0.5, 0.6) is 17.2 Å². The molecule has 0 spiro atoms. The van der Waals surface area contributed by atoms with Crippen LogP contribution >= 0.6 is 11.8 Å². The minimum atomic E-state index is -0.0637. The number of amides is 1. The Bertz CT molecular complexity index is 673. The van der Waals surface area contributed by atoms with E-state index in [1.807, 2.05) is 55.5 Å². The maximum absolute atomic E-state index is 12.0. The van der Waals surface area contributed by atoms with Gasteiger partial charge < -0.3 is 19.5 Å². The molecule has 5 nitrogen and oxygen atoms in total. The molecule has 0 fully saturated rings. The fourth-order valence-corrected chi connectivity index (χ4v) is 3.03. The third-order valence-corrected chi connectivity index (χ3v) is 4.63. The number of ether oxygens (including phenoxy) is 3. The topological polar surface area (TPSA) is 56.8 Å². The molecule has 1 N–H and O–H groups in total. The van der Waals surface area contributed by atoms with Crippen molar-refractivity contribution in [2.75, 3.05) is 26.6 Å². The van der Waals surface area contributed by atoms with Gasteiger partial charge in [-0.2, -0.15) is 0 Å². The zero-order valence-corrected chi connectivity index (χ0v) is 16.2. The first-order valence-electron chi connectivity index (χ1n) is 8.37. The Balaban J connectivity index is 1.64. The summed E-state index contributed by atoms with van der Waals surface area (Å²) >= 11 is 1.58. The monoisotopic (exact) mass is 375 g/mol. The van der Waals surface area contributed by atoms with Gasteiger partial charge in [0.1, 0.15) is 23.9 Å². The lowest BCUT2D eigenvalue weighted by atomic mass is 10.2. The molecule has 0 unspecified atom stereocenters. The highest BCUT2D eigenvalue weighted by Gasteiger charge is 2.08. The van der Waals surface area contributed by atoms with Crippen LogP contribution in [0.1, 0.15) is 12.5 Å². The van der Waals surface area contributed by atoms with E-state index in [1.54, 1.807) is 26.0 Å². The minimum absolute atomic E-state index is 0.00865.